The third kappa shape index (κ3) is 2.26. The average Bonchev–Trinajstić information content (AvgIpc) is 3.15. The molecule has 1 heterocycles. The van der Waals surface area contributed by atoms with Crippen LogP contribution in [0.1, 0.15) is 18.4 Å². The van der Waals surface area contributed by atoms with Gasteiger partial charge in [0.15, 0.2) is 0 Å². The Morgan fingerprint density at radius 3 is 2.68 bits per heavy atom. The molecule has 2 aliphatic rings. The smallest absolute Gasteiger partial charge is 0.231 e. The van der Waals surface area contributed by atoms with Crippen molar-refractivity contribution in [1.29, 1.82) is 0 Å². The normalized spacial score (nSPS) is 28.1. The van der Waals surface area contributed by atoms with Gasteiger partial charge in [0, 0.05) is 20.2 Å². The summed E-state index contributed by atoms with van der Waals surface area (Å²) in [6, 6.07) is 10.2. The highest BCUT2D eigenvalue weighted by atomic mass is 16.5. The van der Waals surface area contributed by atoms with E-state index in [1.807, 2.05) is 30.3 Å². The van der Waals surface area contributed by atoms with Crippen LogP contribution in [-0.4, -0.2) is 38.3 Å². The number of ether oxygens (including phenoxy) is 1. The van der Waals surface area contributed by atoms with Gasteiger partial charge in [0.2, 0.25) is 5.91 Å². The maximum atomic E-state index is 12.6. The van der Waals surface area contributed by atoms with E-state index in [1.165, 1.54) is 0 Å². The summed E-state index contributed by atoms with van der Waals surface area (Å²) < 4.78 is 5.39. The summed E-state index contributed by atoms with van der Waals surface area (Å²) in [5, 5.41) is 6.41. The van der Waals surface area contributed by atoms with Crippen molar-refractivity contribution >= 4 is 5.91 Å². The third-order valence-corrected chi connectivity index (χ3v) is 4.29. The zero-order chi connectivity index (χ0) is 13.3. The summed E-state index contributed by atoms with van der Waals surface area (Å²) >= 11 is 0. The molecule has 1 saturated heterocycles. The van der Waals surface area contributed by atoms with Crippen molar-refractivity contribution in [2.45, 2.75) is 30.4 Å². The number of nitrogens with one attached hydrogen (secondary N) is 2. The minimum atomic E-state index is -0.290. The molecule has 1 amide bonds. The van der Waals surface area contributed by atoms with Crippen molar-refractivity contribution in [3.63, 3.8) is 0 Å². The Kier molecular flexibility index (Phi) is 3.29. The lowest BCUT2D eigenvalue weighted by molar-refractivity contribution is -0.124. The molecule has 2 N–H and O–H groups in total. The number of methoxy groups -OCH3 is 1. The Morgan fingerprint density at radius 1 is 1.32 bits per heavy atom. The highest BCUT2D eigenvalue weighted by Gasteiger charge is 2.52. The lowest BCUT2D eigenvalue weighted by atomic mass is 9.94. The summed E-state index contributed by atoms with van der Waals surface area (Å²) in [5.41, 5.74) is 0.842. The minimum Gasteiger partial charge on any atom is -0.378 e. The number of hydrogen-bond acceptors (Lipinski definition) is 3. The van der Waals surface area contributed by atoms with Crippen LogP contribution in [-0.2, 0) is 14.9 Å². The first-order valence-corrected chi connectivity index (χ1v) is 6.86. The number of carbonyl (C=O) groups excluding carboxylic acids is 1. The van der Waals surface area contributed by atoms with E-state index in [2.05, 4.69) is 10.6 Å². The van der Waals surface area contributed by atoms with Gasteiger partial charge in [-0.25, -0.2) is 0 Å². The van der Waals surface area contributed by atoms with Crippen molar-refractivity contribution in [2.24, 2.45) is 0 Å². The predicted molar refractivity (Wildman–Crippen MR) is 73.0 cm³/mol. The van der Waals surface area contributed by atoms with E-state index < -0.39 is 0 Å². The van der Waals surface area contributed by atoms with Gasteiger partial charge in [-0.15, -0.1) is 0 Å². The van der Waals surface area contributed by atoms with Crippen LogP contribution >= 0.6 is 0 Å². The van der Waals surface area contributed by atoms with Gasteiger partial charge in [-0.05, 0) is 18.4 Å². The maximum Gasteiger partial charge on any atom is 0.231 e. The topological polar surface area (TPSA) is 50.4 Å². The standard InChI is InChI=1S/C15H20N2O2/c1-19-13-10-16-9-12(13)17-14(18)15(7-8-15)11-5-3-2-4-6-11/h2-6,12-13,16H,7-10H2,1H3,(H,17,18)/t12-,13+/m1/s1. The van der Waals surface area contributed by atoms with Gasteiger partial charge in [-0.1, -0.05) is 30.3 Å². The van der Waals surface area contributed by atoms with Crippen LogP contribution in [0.15, 0.2) is 30.3 Å². The van der Waals surface area contributed by atoms with Gasteiger partial charge in [0.1, 0.15) is 0 Å². The second kappa shape index (κ2) is 4.94. The first kappa shape index (κ1) is 12.6. The summed E-state index contributed by atoms with van der Waals surface area (Å²) in [4.78, 5) is 12.6. The Balaban J connectivity index is 1.71. The molecule has 102 valence electrons. The van der Waals surface area contributed by atoms with Crippen LogP contribution in [0.3, 0.4) is 0 Å². The van der Waals surface area contributed by atoms with Crippen LogP contribution in [0.5, 0.6) is 0 Å². The van der Waals surface area contributed by atoms with E-state index in [4.69, 9.17) is 4.74 Å². The quantitative estimate of drug-likeness (QED) is 0.843. The largest absolute Gasteiger partial charge is 0.378 e. The van der Waals surface area contributed by atoms with Crippen LogP contribution in [0.25, 0.3) is 0 Å². The lowest BCUT2D eigenvalue weighted by Gasteiger charge is -2.22. The van der Waals surface area contributed by atoms with Crippen molar-refractivity contribution in [2.75, 3.05) is 20.2 Å². The van der Waals surface area contributed by atoms with E-state index in [-0.39, 0.29) is 23.5 Å². The summed E-state index contributed by atoms with van der Waals surface area (Å²) in [7, 11) is 1.70. The molecule has 0 aromatic heterocycles. The first-order valence-electron chi connectivity index (χ1n) is 6.86. The number of rotatable bonds is 4. The highest BCUT2D eigenvalue weighted by Crippen LogP contribution is 2.48. The monoisotopic (exact) mass is 260 g/mol. The fourth-order valence-electron chi connectivity index (χ4n) is 2.88. The number of hydrogen-bond donors (Lipinski definition) is 2. The van der Waals surface area contributed by atoms with E-state index in [0.29, 0.717) is 0 Å². The summed E-state index contributed by atoms with van der Waals surface area (Å²) in [6.07, 6.45) is 1.97. The van der Waals surface area contributed by atoms with E-state index in [0.717, 1.165) is 31.5 Å². The van der Waals surface area contributed by atoms with Crippen LogP contribution in [0.2, 0.25) is 0 Å². The Morgan fingerprint density at radius 2 is 2.05 bits per heavy atom. The molecular weight excluding hydrogens is 240 g/mol. The van der Waals surface area contributed by atoms with Gasteiger partial charge in [-0.3, -0.25) is 4.79 Å². The zero-order valence-corrected chi connectivity index (χ0v) is 11.2. The first-order chi connectivity index (χ1) is 9.26. The van der Waals surface area contributed by atoms with E-state index >= 15 is 0 Å². The molecule has 0 spiro atoms. The number of benzene rings is 1. The molecular formula is C15H20N2O2. The molecule has 1 aliphatic carbocycles. The molecule has 3 rings (SSSR count). The number of amides is 1. The zero-order valence-electron chi connectivity index (χ0n) is 11.2. The molecule has 4 nitrogen and oxygen atoms in total. The van der Waals surface area contributed by atoms with Gasteiger partial charge >= 0.3 is 0 Å². The van der Waals surface area contributed by atoms with E-state index in [9.17, 15) is 4.79 Å². The molecule has 2 fully saturated rings. The van der Waals surface area contributed by atoms with Gasteiger partial charge < -0.3 is 15.4 Å². The molecule has 1 aromatic rings. The minimum absolute atomic E-state index is 0.0792. The molecule has 19 heavy (non-hydrogen) atoms. The number of carbonyl (C=O) groups is 1. The van der Waals surface area contributed by atoms with Crippen LogP contribution < -0.4 is 10.6 Å². The highest BCUT2D eigenvalue weighted by molar-refractivity contribution is 5.91. The second-order valence-corrected chi connectivity index (χ2v) is 5.46. The Labute approximate surface area is 113 Å². The van der Waals surface area contributed by atoms with Crippen molar-refractivity contribution < 1.29 is 9.53 Å². The summed E-state index contributed by atoms with van der Waals surface area (Å²) in [5.74, 6) is 0.148. The molecule has 1 saturated carbocycles. The molecule has 4 heteroatoms. The molecule has 1 aliphatic heterocycles. The lowest BCUT2D eigenvalue weighted by Crippen LogP contribution is -2.47. The van der Waals surface area contributed by atoms with Crippen molar-refractivity contribution in [3.8, 4) is 0 Å². The van der Waals surface area contributed by atoms with E-state index in [1.54, 1.807) is 7.11 Å². The van der Waals surface area contributed by atoms with Crippen LogP contribution in [0, 0.1) is 0 Å². The third-order valence-electron chi connectivity index (χ3n) is 4.29. The fourth-order valence-corrected chi connectivity index (χ4v) is 2.88. The molecule has 0 bridgehead atoms. The van der Waals surface area contributed by atoms with Gasteiger partial charge in [0.25, 0.3) is 0 Å². The Bertz CT molecular complexity index is 456. The predicted octanol–water partition coefficient (Wildman–Crippen LogP) is 0.821. The molecule has 0 unspecified atom stereocenters. The van der Waals surface area contributed by atoms with Crippen LogP contribution in [0.4, 0.5) is 0 Å². The van der Waals surface area contributed by atoms with Gasteiger partial charge in [0.05, 0.1) is 17.6 Å². The summed E-state index contributed by atoms with van der Waals surface area (Å²) in [6.45, 7) is 1.59. The van der Waals surface area contributed by atoms with Crippen molar-refractivity contribution in [3.05, 3.63) is 35.9 Å². The molecule has 2 atom stereocenters. The Hall–Kier alpha value is -1.39. The fraction of sp³-hybridized carbons (Fsp3) is 0.533. The molecule has 1 aromatic carbocycles. The van der Waals surface area contributed by atoms with Gasteiger partial charge in [-0.2, -0.15) is 0 Å². The maximum absolute atomic E-state index is 12.6. The second-order valence-electron chi connectivity index (χ2n) is 5.46. The molecule has 0 radical (unpaired) electrons. The SMILES string of the molecule is CO[C@H]1CNC[C@H]1NC(=O)C1(c2ccccc2)CC1. The van der Waals surface area contributed by atoms with Crippen molar-refractivity contribution in [1.82, 2.24) is 10.6 Å². The average molecular weight is 260 g/mol.